The summed E-state index contributed by atoms with van der Waals surface area (Å²) in [6, 6.07) is 13.6. The number of likely N-dealkylation sites (tertiary alicyclic amines) is 1. The second-order valence-corrected chi connectivity index (χ2v) is 6.72. The lowest BCUT2D eigenvalue weighted by atomic mass is 9.90. The molecule has 1 amide bonds. The van der Waals surface area contributed by atoms with Crippen LogP contribution in [0.4, 0.5) is 0 Å². The van der Waals surface area contributed by atoms with E-state index < -0.39 is 0 Å². The third-order valence-electron chi connectivity index (χ3n) is 5.09. The first-order valence-corrected chi connectivity index (χ1v) is 8.79. The van der Waals surface area contributed by atoms with Gasteiger partial charge in [-0.2, -0.15) is 0 Å². The molecule has 26 heavy (non-hydrogen) atoms. The fraction of sp³-hybridized carbons (Fsp3) is 0.286. The Bertz CT molecular complexity index is 913. The van der Waals surface area contributed by atoms with Gasteiger partial charge in [0.25, 0.3) is 5.91 Å². The Kier molecular flexibility index (Phi) is 4.63. The number of carbonyl (C=O) groups is 1. The van der Waals surface area contributed by atoms with Gasteiger partial charge in [0, 0.05) is 61.6 Å². The number of aromatic nitrogens is 2. The number of rotatable bonds is 4. The van der Waals surface area contributed by atoms with E-state index in [0.29, 0.717) is 25.3 Å². The maximum Gasteiger partial charge on any atom is 0.253 e. The molecular weight excluding hydrogens is 326 g/mol. The van der Waals surface area contributed by atoms with Gasteiger partial charge in [-0.15, -0.1) is 0 Å². The zero-order chi connectivity index (χ0) is 17.9. The van der Waals surface area contributed by atoms with E-state index in [4.69, 9.17) is 4.74 Å². The molecule has 5 nitrogen and oxygen atoms in total. The van der Waals surface area contributed by atoms with E-state index in [0.717, 1.165) is 10.9 Å². The number of hydrogen-bond donors (Lipinski definition) is 0. The molecule has 0 unspecified atom stereocenters. The minimum Gasteiger partial charge on any atom is -0.384 e. The van der Waals surface area contributed by atoms with E-state index in [9.17, 15) is 4.79 Å². The molecule has 0 radical (unpaired) electrons. The molecule has 1 fully saturated rings. The van der Waals surface area contributed by atoms with Crippen molar-refractivity contribution in [3.05, 3.63) is 72.2 Å². The summed E-state index contributed by atoms with van der Waals surface area (Å²) >= 11 is 0. The monoisotopic (exact) mass is 347 g/mol. The summed E-state index contributed by atoms with van der Waals surface area (Å²) in [4.78, 5) is 23.4. The van der Waals surface area contributed by atoms with Crippen LogP contribution in [0, 0.1) is 5.92 Å². The molecule has 0 bridgehead atoms. The van der Waals surface area contributed by atoms with E-state index in [1.807, 2.05) is 47.4 Å². The van der Waals surface area contributed by atoms with Gasteiger partial charge >= 0.3 is 0 Å². The zero-order valence-electron chi connectivity index (χ0n) is 14.7. The average Bonchev–Trinajstić information content (AvgIpc) is 3.12. The van der Waals surface area contributed by atoms with E-state index >= 15 is 0 Å². The van der Waals surface area contributed by atoms with Crippen molar-refractivity contribution in [2.75, 3.05) is 26.8 Å². The molecule has 1 aromatic carbocycles. The summed E-state index contributed by atoms with van der Waals surface area (Å²) in [6.45, 7) is 2.03. The number of pyridine rings is 2. The van der Waals surface area contributed by atoms with Crippen LogP contribution in [-0.4, -0.2) is 47.6 Å². The van der Waals surface area contributed by atoms with Gasteiger partial charge in [0.1, 0.15) is 0 Å². The maximum atomic E-state index is 13.1. The number of ether oxygens (including phenoxy) is 1. The lowest BCUT2D eigenvalue weighted by Crippen LogP contribution is -2.29. The Balaban J connectivity index is 1.59. The van der Waals surface area contributed by atoms with Crippen molar-refractivity contribution in [1.82, 2.24) is 14.9 Å². The van der Waals surface area contributed by atoms with Gasteiger partial charge in [-0.1, -0.05) is 6.07 Å². The van der Waals surface area contributed by atoms with Gasteiger partial charge in [0.05, 0.1) is 12.1 Å². The molecule has 3 heterocycles. The smallest absolute Gasteiger partial charge is 0.253 e. The van der Waals surface area contributed by atoms with Crippen LogP contribution < -0.4 is 0 Å². The van der Waals surface area contributed by atoms with Gasteiger partial charge in [-0.25, -0.2) is 0 Å². The molecule has 5 heteroatoms. The molecule has 0 aliphatic carbocycles. The topological polar surface area (TPSA) is 55.3 Å². The Morgan fingerprint density at radius 3 is 2.81 bits per heavy atom. The first-order valence-electron chi connectivity index (χ1n) is 8.79. The van der Waals surface area contributed by atoms with Gasteiger partial charge in [0.2, 0.25) is 0 Å². The molecule has 3 aromatic rings. The largest absolute Gasteiger partial charge is 0.384 e. The van der Waals surface area contributed by atoms with Crippen LogP contribution >= 0.6 is 0 Å². The highest BCUT2D eigenvalue weighted by molar-refractivity contribution is 5.98. The zero-order valence-corrected chi connectivity index (χ0v) is 14.7. The van der Waals surface area contributed by atoms with E-state index in [1.165, 1.54) is 5.56 Å². The number of fused-ring (bicyclic) bond motifs is 1. The summed E-state index contributed by atoms with van der Waals surface area (Å²) < 4.78 is 5.41. The Hall–Kier alpha value is -2.79. The highest BCUT2D eigenvalue weighted by Crippen LogP contribution is 2.33. The summed E-state index contributed by atoms with van der Waals surface area (Å²) in [5.41, 5.74) is 2.81. The molecule has 2 atom stereocenters. The Labute approximate surface area is 152 Å². The molecule has 0 spiro atoms. The number of carbonyl (C=O) groups excluding carboxylic acids is 1. The number of nitrogens with zero attached hydrogens (tertiary/aromatic N) is 3. The first kappa shape index (κ1) is 16.7. The van der Waals surface area contributed by atoms with E-state index in [-0.39, 0.29) is 17.7 Å². The number of amides is 1. The fourth-order valence-electron chi connectivity index (χ4n) is 3.80. The number of hydrogen-bond acceptors (Lipinski definition) is 4. The van der Waals surface area contributed by atoms with Crippen LogP contribution in [0.1, 0.15) is 21.8 Å². The van der Waals surface area contributed by atoms with Gasteiger partial charge < -0.3 is 9.64 Å². The van der Waals surface area contributed by atoms with Gasteiger partial charge in [-0.3, -0.25) is 14.8 Å². The van der Waals surface area contributed by atoms with Crippen LogP contribution in [0.15, 0.2) is 61.1 Å². The van der Waals surface area contributed by atoms with Crippen molar-refractivity contribution in [2.24, 2.45) is 5.92 Å². The summed E-state index contributed by atoms with van der Waals surface area (Å²) in [7, 11) is 1.71. The molecule has 1 saturated heterocycles. The summed E-state index contributed by atoms with van der Waals surface area (Å²) in [5, 5.41) is 0.983. The maximum absolute atomic E-state index is 13.1. The molecule has 4 rings (SSSR count). The quantitative estimate of drug-likeness (QED) is 0.728. The third kappa shape index (κ3) is 3.18. The van der Waals surface area contributed by atoms with Gasteiger partial charge in [-0.05, 0) is 42.0 Å². The van der Waals surface area contributed by atoms with Crippen molar-refractivity contribution in [2.45, 2.75) is 5.92 Å². The van der Waals surface area contributed by atoms with E-state index in [1.54, 1.807) is 25.7 Å². The number of methoxy groups -OCH3 is 1. The van der Waals surface area contributed by atoms with Crippen molar-refractivity contribution in [3.8, 4) is 0 Å². The highest BCUT2D eigenvalue weighted by atomic mass is 16.5. The van der Waals surface area contributed by atoms with Crippen molar-refractivity contribution in [3.63, 3.8) is 0 Å². The SMILES string of the molecule is COC[C@@H]1CN(C(=O)c2ccc3ncccc3c2)C[C@H]1c1ccncc1. The lowest BCUT2D eigenvalue weighted by molar-refractivity contribution is 0.0775. The first-order chi connectivity index (χ1) is 12.8. The van der Waals surface area contributed by atoms with Crippen LogP contribution in [0.2, 0.25) is 0 Å². The van der Waals surface area contributed by atoms with Crippen LogP contribution in [0.5, 0.6) is 0 Å². The van der Waals surface area contributed by atoms with Crippen molar-refractivity contribution in [1.29, 1.82) is 0 Å². The normalized spacial score (nSPS) is 19.8. The minimum absolute atomic E-state index is 0.0633. The van der Waals surface area contributed by atoms with Crippen LogP contribution in [0.25, 0.3) is 10.9 Å². The lowest BCUT2D eigenvalue weighted by Gasteiger charge is -2.17. The second-order valence-electron chi connectivity index (χ2n) is 6.72. The molecule has 0 N–H and O–H groups in total. The molecule has 1 aliphatic rings. The molecular formula is C21H21N3O2. The Morgan fingerprint density at radius 1 is 1.15 bits per heavy atom. The van der Waals surface area contributed by atoms with Crippen molar-refractivity contribution >= 4 is 16.8 Å². The van der Waals surface area contributed by atoms with Gasteiger partial charge in [0.15, 0.2) is 0 Å². The molecule has 2 aromatic heterocycles. The standard InChI is InChI=1S/C21H21N3O2/c1-26-14-18-12-24(13-19(18)15-6-9-22-10-7-15)21(25)17-4-5-20-16(11-17)3-2-8-23-20/h2-11,18-19H,12-14H2,1H3/t18-,19-/m0/s1. The third-order valence-corrected chi connectivity index (χ3v) is 5.09. The Morgan fingerprint density at radius 2 is 2.00 bits per heavy atom. The summed E-state index contributed by atoms with van der Waals surface area (Å²) in [5.74, 6) is 0.617. The van der Waals surface area contributed by atoms with Crippen molar-refractivity contribution < 1.29 is 9.53 Å². The molecule has 1 aliphatic heterocycles. The predicted octanol–water partition coefficient (Wildman–Crippen LogP) is 3.13. The fourth-order valence-corrected chi connectivity index (χ4v) is 3.80. The number of benzene rings is 1. The van der Waals surface area contributed by atoms with E-state index in [2.05, 4.69) is 9.97 Å². The second kappa shape index (κ2) is 7.22. The summed E-state index contributed by atoms with van der Waals surface area (Å²) in [6.07, 6.45) is 5.37. The molecule has 0 saturated carbocycles. The average molecular weight is 347 g/mol. The van der Waals surface area contributed by atoms with Crippen LogP contribution in [0.3, 0.4) is 0 Å². The minimum atomic E-state index is 0.0633. The van der Waals surface area contributed by atoms with Crippen LogP contribution in [-0.2, 0) is 4.74 Å². The molecule has 132 valence electrons. The highest BCUT2D eigenvalue weighted by Gasteiger charge is 2.36. The predicted molar refractivity (Wildman–Crippen MR) is 100.0 cm³/mol.